The number of ether oxygens (including phenoxy) is 7. The quantitative estimate of drug-likeness (QED) is 0.0290. The summed E-state index contributed by atoms with van der Waals surface area (Å²) < 4.78 is 68.8. The number of methoxy groups -OCH3 is 2. The van der Waals surface area contributed by atoms with E-state index in [2.05, 4.69) is 29.6 Å². The molecule has 13 nitrogen and oxygen atoms in total. The molecular weight excluding hydrogens is 883 g/mol. The maximum absolute atomic E-state index is 16.5. The Morgan fingerprint density at radius 1 is 0.618 bits per heavy atom. The van der Waals surface area contributed by atoms with Gasteiger partial charge >= 0.3 is 35.8 Å². The predicted molar refractivity (Wildman–Crippen MR) is 249 cm³/mol. The molecule has 0 spiro atoms. The standard InChI is InChI=1S/C53H64F2O13/c1-9-11-12-14-35-16-18-37(19-17-35)38-20-22-41(44(54)26-38)39-21-23-42(45(55)27-39)43-25-40(15-13-24-64-47(56)33(3)4)46(28-36(43)10-2)65-29-53(30-66-48(57)34(5)6,31-67-51(60)49(58)62-7)32-68-52(61)50(59)63-8/h20-23,25-28,35,37H,3,5,9-19,24,29-32H2,1-2,4,6-8H3. The van der Waals surface area contributed by atoms with Crippen LogP contribution in [0.2, 0.25) is 0 Å². The molecular formula is C53H64F2O13. The molecule has 3 aromatic rings. The summed E-state index contributed by atoms with van der Waals surface area (Å²) in [5.74, 6) is -6.81. The minimum absolute atomic E-state index is 0.000277. The molecule has 1 aliphatic carbocycles. The summed E-state index contributed by atoms with van der Waals surface area (Å²) >= 11 is 0. The fourth-order valence-electron chi connectivity index (χ4n) is 8.02. The van der Waals surface area contributed by atoms with Gasteiger partial charge in [0.2, 0.25) is 0 Å². The van der Waals surface area contributed by atoms with Gasteiger partial charge in [0.1, 0.15) is 49.2 Å². The lowest BCUT2D eigenvalue weighted by Crippen LogP contribution is -2.45. The third-order valence-electron chi connectivity index (χ3n) is 12.1. The van der Waals surface area contributed by atoms with Crippen molar-refractivity contribution in [3.63, 3.8) is 0 Å². The second-order valence-corrected chi connectivity index (χ2v) is 17.4. The van der Waals surface area contributed by atoms with Gasteiger partial charge in [-0.1, -0.05) is 77.0 Å². The molecule has 1 aliphatic rings. The van der Waals surface area contributed by atoms with Crippen LogP contribution in [0.3, 0.4) is 0 Å². The van der Waals surface area contributed by atoms with E-state index in [0.717, 1.165) is 51.4 Å². The lowest BCUT2D eigenvalue weighted by Gasteiger charge is -2.32. The van der Waals surface area contributed by atoms with Crippen LogP contribution in [0.1, 0.15) is 108 Å². The number of carbonyl (C=O) groups excluding carboxylic acids is 6. The normalized spacial score (nSPS) is 14.5. The van der Waals surface area contributed by atoms with E-state index in [1.165, 1.54) is 45.6 Å². The first-order chi connectivity index (χ1) is 32.5. The predicted octanol–water partition coefficient (Wildman–Crippen LogP) is 9.68. The van der Waals surface area contributed by atoms with E-state index < -0.39 is 79.3 Å². The number of esters is 6. The second kappa shape index (κ2) is 26.2. The minimum atomic E-state index is -1.78. The van der Waals surface area contributed by atoms with Crippen molar-refractivity contribution in [2.24, 2.45) is 11.3 Å². The Morgan fingerprint density at radius 2 is 1.19 bits per heavy atom. The average Bonchev–Trinajstić information content (AvgIpc) is 3.33. The topological polar surface area (TPSA) is 167 Å². The molecule has 0 amide bonds. The summed E-state index contributed by atoms with van der Waals surface area (Å²) in [4.78, 5) is 73.9. The van der Waals surface area contributed by atoms with Crippen molar-refractivity contribution >= 4 is 35.8 Å². The molecule has 3 aromatic carbocycles. The Morgan fingerprint density at radius 3 is 1.74 bits per heavy atom. The first-order valence-corrected chi connectivity index (χ1v) is 23.0. The number of hydrogen-bond acceptors (Lipinski definition) is 13. The van der Waals surface area contributed by atoms with Gasteiger partial charge in [0, 0.05) is 22.3 Å². The van der Waals surface area contributed by atoms with Crippen LogP contribution >= 0.6 is 0 Å². The summed E-state index contributed by atoms with van der Waals surface area (Å²) in [5.41, 5.74) is 1.88. The summed E-state index contributed by atoms with van der Waals surface area (Å²) in [5, 5.41) is 0. The van der Waals surface area contributed by atoms with Crippen LogP contribution in [0.4, 0.5) is 8.78 Å². The molecule has 15 heteroatoms. The van der Waals surface area contributed by atoms with Crippen LogP contribution in [-0.2, 0) is 70.0 Å². The van der Waals surface area contributed by atoms with Crippen molar-refractivity contribution in [3.8, 4) is 28.0 Å². The number of aryl methyl sites for hydroxylation is 2. The number of rotatable bonds is 23. The molecule has 0 aliphatic heterocycles. The maximum Gasteiger partial charge on any atom is 0.417 e. The van der Waals surface area contributed by atoms with Gasteiger partial charge in [-0.3, -0.25) is 0 Å². The Balaban J connectivity index is 1.71. The van der Waals surface area contributed by atoms with Crippen molar-refractivity contribution in [3.05, 3.63) is 101 Å². The van der Waals surface area contributed by atoms with Gasteiger partial charge < -0.3 is 33.2 Å². The SMILES string of the molecule is C=C(C)C(=O)OCCCc1cc(-c2ccc(-c3ccc(C4CCC(CCCCC)CC4)cc3F)cc2F)c(CC)cc1OCC(COC(=O)C(=C)C)(COC(=O)C(=O)OC)COC(=O)C(=O)OC. The monoisotopic (exact) mass is 946 g/mol. The molecule has 0 aromatic heterocycles. The van der Waals surface area contributed by atoms with Crippen LogP contribution in [-0.4, -0.2) is 83.1 Å². The van der Waals surface area contributed by atoms with Crippen molar-refractivity contribution in [1.29, 1.82) is 0 Å². The maximum atomic E-state index is 16.5. The Labute approximate surface area is 397 Å². The molecule has 1 fully saturated rings. The first-order valence-electron chi connectivity index (χ1n) is 23.0. The summed E-state index contributed by atoms with van der Waals surface area (Å²) in [7, 11) is 1.92. The molecule has 4 rings (SSSR count). The van der Waals surface area contributed by atoms with E-state index in [0.29, 0.717) is 28.7 Å². The Hall–Kier alpha value is -6.38. The van der Waals surface area contributed by atoms with Crippen molar-refractivity contribution < 1.29 is 70.7 Å². The van der Waals surface area contributed by atoms with E-state index in [-0.39, 0.29) is 53.4 Å². The number of halogens is 2. The molecule has 68 heavy (non-hydrogen) atoms. The second-order valence-electron chi connectivity index (χ2n) is 17.4. The highest BCUT2D eigenvalue weighted by molar-refractivity contribution is 6.30. The van der Waals surface area contributed by atoms with Crippen LogP contribution in [0.15, 0.2) is 72.8 Å². The summed E-state index contributed by atoms with van der Waals surface area (Å²) in [6.07, 6.45) is 10.1. The zero-order valence-electron chi connectivity index (χ0n) is 40.1. The van der Waals surface area contributed by atoms with Gasteiger partial charge in [-0.05, 0) is 123 Å². The molecule has 1 saturated carbocycles. The van der Waals surface area contributed by atoms with Gasteiger partial charge in [-0.25, -0.2) is 37.5 Å². The first kappa shape index (κ1) is 54.2. The molecule has 0 bridgehead atoms. The summed E-state index contributed by atoms with van der Waals surface area (Å²) in [6.45, 7) is 11.4. The van der Waals surface area contributed by atoms with E-state index in [9.17, 15) is 28.8 Å². The van der Waals surface area contributed by atoms with Crippen LogP contribution in [0.25, 0.3) is 22.3 Å². The molecule has 0 radical (unpaired) electrons. The lowest BCUT2D eigenvalue weighted by atomic mass is 9.77. The van der Waals surface area contributed by atoms with Crippen LogP contribution < -0.4 is 4.74 Å². The van der Waals surface area contributed by atoms with Gasteiger partial charge in [0.25, 0.3) is 0 Å². The van der Waals surface area contributed by atoms with Crippen LogP contribution in [0.5, 0.6) is 5.75 Å². The number of carbonyl (C=O) groups is 6. The molecule has 0 N–H and O–H groups in total. The number of unbranched alkanes of at least 4 members (excludes halogenated alkanes) is 2. The molecule has 0 heterocycles. The average molecular weight is 947 g/mol. The zero-order valence-corrected chi connectivity index (χ0v) is 40.1. The van der Waals surface area contributed by atoms with E-state index in [1.54, 1.807) is 36.4 Å². The van der Waals surface area contributed by atoms with Gasteiger partial charge in [0.05, 0.1) is 20.8 Å². The molecule has 0 atom stereocenters. The fraction of sp³-hybridized carbons (Fsp3) is 0.472. The third kappa shape index (κ3) is 15.3. The highest BCUT2D eigenvalue weighted by Crippen LogP contribution is 2.40. The van der Waals surface area contributed by atoms with E-state index >= 15 is 8.78 Å². The Kier molecular flexibility index (Phi) is 20.9. The lowest BCUT2D eigenvalue weighted by molar-refractivity contribution is -0.177. The molecule has 0 saturated heterocycles. The van der Waals surface area contributed by atoms with Crippen molar-refractivity contribution in [1.82, 2.24) is 0 Å². The number of hydrogen-bond donors (Lipinski definition) is 0. The smallest absolute Gasteiger partial charge is 0.417 e. The number of benzene rings is 3. The largest absolute Gasteiger partial charge is 0.492 e. The van der Waals surface area contributed by atoms with Gasteiger partial charge in [0.15, 0.2) is 0 Å². The van der Waals surface area contributed by atoms with E-state index in [1.807, 2.05) is 13.0 Å². The van der Waals surface area contributed by atoms with Crippen LogP contribution in [0, 0.1) is 23.0 Å². The van der Waals surface area contributed by atoms with Gasteiger partial charge in [-0.2, -0.15) is 0 Å². The van der Waals surface area contributed by atoms with Crippen molar-refractivity contribution in [2.75, 3.05) is 47.3 Å². The Bertz CT molecular complexity index is 2280. The van der Waals surface area contributed by atoms with Gasteiger partial charge in [-0.15, -0.1) is 0 Å². The van der Waals surface area contributed by atoms with Crippen molar-refractivity contribution in [2.45, 2.75) is 104 Å². The highest BCUT2D eigenvalue weighted by Gasteiger charge is 2.39. The van der Waals surface area contributed by atoms with E-state index in [4.69, 9.17) is 23.7 Å². The summed E-state index contributed by atoms with van der Waals surface area (Å²) in [6, 6.07) is 13.2. The fourth-order valence-corrected chi connectivity index (χ4v) is 8.02. The zero-order chi connectivity index (χ0) is 50.0. The highest BCUT2D eigenvalue weighted by atomic mass is 19.1. The minimum Gasteiger partial charge on any atom is -0.492 e. The molecule has 368 valence electrons. The molecule has 0 unspecified atom stereocenters. The third-order valence-corrected chi connectivity index (χ3v) is 12.1.